The molecule has 9 heteroatoms. The number of hydrogen-bond acceptors (Lipinski definition) is 6. The van der Waals surface area contributed by atoms with Crippen LogP contribution in [0, 0.1) is 12.8 Å². The van der Waals surface area contributed by atoms with E-state index in [1.807, 2.05) is 0 Å². The van der Waals surface area contributed by atoms with Crippen molar-refractivity contribution in [1.82, 2.24) is 9.63 Å². The number of phenols is 1. The molecule has 6 rings (SSSR count). The van der Waals surface area contributed by atoms with Gasteiger partial charge in [-0.3, -0.25) is 4.90 Å². The van der Waals surface area contributed by atoms with Crippen molar-refractivity contribution in [3.63, 3.8) is 0 Å². The molecular formula is C38H68N2O4Si3. The Morgan fingerprint density at radius 2 is 1.45 bits per heavy atom. The molecule has 5 atom stereocenters. The van der Waals surface area contributed by atoms with Crippen LogP contribution in [0.5, 0.6) is 17.2 Å². The molecule has 1 aromatic carbocycles. The highest BCUT2D eigenvalue weighted by molar-refractivity contribution is 6.79. The Morgan fingerprint density at radius 3 is 1.98 bits per heavy atom. The minimum atomic E-state index is -2.23. The van der Waals surface area contributed by atoms with Crippen LogP contribution in [0.2, 0.25) is 54.4 Å². The molecule has 0 aromatic heterocycles. The lowest BCUT2D eigenvalue weighted by atomic mass is 9.51. The zero-order chi connectivity index (χ0) is 35.1. The largest absolute Gasteiger partial charge is 0.541 e. The van der Waals surface area contributed by atoms with Gasteiger partial charge >= 0.3 is 0 Å². The molecule has 2 saturated carbocycles. The van der Waals surface area contributed by atoms with Crippen molar-refractivity contribution in [3.05, 3.63) is 16.7 Å². The maximum Gasteiger partial charge on any atom is 0.250 e. The maximum absolute atomic E-state index is 12.1. The van der Waals surface area contributed by atoms with E-state index >= 15 is 0 Å². The van der Waals surface area contributed by atoms with Crippen LogP contribution < -0.4 is 9.16 Å². The number of aromatic hydroxyl groups is 1. The third-order valence-corrected chi connectivity index (χ3v) is 28.8. The van der Waals surface area contributed by atoms with Crippen LogP contribution in [-0.4, -0.2) is 70.4 Å². The van der Waals surface area contributed by atoms with Gasteiger partial charge in [0.25, 0.3) is 8.32 Å². The smallest absolute Gasteiger partial charge is 0.250 e. The zero-order valence-corrected chi connectivity index (χ0v) is 35.9. The van der Waals surface area contributed by atoms with Gasteiger partial charge in [0.2, 0.25) is 8.32 Å². The van der Waals surface area contributed by atoms with Gasteiger partial charge in [0.1, 0.15) is 11.9 Å². The molecule has 2 aliphatic heterocycles. The minimum Gasteiger partial charge on any atom is -0.541 e. The summed E-state index contributed by atoms with van der Waals surface area (Å²) in [6, 6.07) is 1.32. The van der Waals surface area contributed by atoms with Crippen LogP contribution in [0.3, 0.4) is 0 Å². The maximum atomic E-state index is 12.1. The molecule has 266 valence electrons. The molecular weight excluding hydrogens is 633 g/mol. The van der Waals surface area contributed by atoms with Gasteiger partial charge in [-0.15, -0.1) is 0 Å². The highest BCUT2D eigenvalue weighted by Gasteiger charge is 2.69. The Bertz CT molecular complexity index is 1420. The number of likely N-dealkylation sites (tertiary alicyclic amines) is 1. The van der Waals surface area contributed by atoms with E-state index in [1.165, 1.54) is 24.8 Å². The number of ether oxygens (including phenoxy) is 1. The monoisotopic (exact) mass is 700 g/mol. The average Bonchev–Trinajstić information content (AvgIpc) is 3.70. The van der Waals surface area contributed by atoms with Crippen molar-refractivity contribution < 1.29 is 18.8 Å². The normalized spacial score (nSPS) is 30.0. The van der Waals surface area contributed by atoms with E-state index in [9.17, 15) is 5.11 Å². The Balaban J connectivity index is 1.56. The Hall–Kier alpha value is -0.849. The summed E-state index contributed by atoms with van der Waals surface area (Å²) in [5, 5.41) is 12.4. The SMILES string of the molecule is Cc1c(O)c2c3c(c1O[Si](C)(C)C(C)(C)C)O[C@H]1[C@H](N(O[Si](C)(C)C(C)(C)C)[Si](C)(C)C(C)(C)C)CC[C@H]4[C@@H](C2)N(C2CC2)CC[C@@]341. The number of hydrogen-bond donors (Lipinski definition) is 1. The molecule has 47 heavy (non-hydrogen) atoms. The summed E-state index contributed by atoms with van der Waals surface area (Å²) in [6.45, 7) is 38.9. The number of nitrogens with zero attached hydrogens (tertiary/aromatic N) is 2. The van der Waals surface area contributed by atoms with E-state index in [4.69, 9.17) is 13.7 Å². The predicted molar refractivity (Wildman–Crippen MR) is 202 cm³/mol. The van der Waals surface area contributed by atoms with Crippen molar-refractivity contribution >= 4 is 24.9 Å². The molecule has 3 aliphatic carbocycles. The van der Waals surface area contributed by atoms with Crippen molar-refractivity contribution in [2.45, 2.75) is 192 Å². The first-order valence-corrected chi connectivity index (χ1v) is 27.5. The Kier molecular flexibility index (Phi) is 8.29. The first-order chi connectivity index (χ1) is 21.3. The second kappa shape index (κ2) is 10.8. The second-order valence-corrected chi connectivity index (χ2v) is 35.1. The molecule has 2 bridgehead atoms. The number of phenolic OH excluding ortho intramolecular Hbond substituents is 1. The van der Waals surface area contributed by atoms with E-state index < -0.39 is 24.9 Å². The summed E-state index contributed by atoms with van der Waals surface area (Å²) in [5.41, 5.74) is 3.18. The Labute approximate surface area is 290 Å². The highest BCUT2D eigenvalue weighted by Crippen LogP contribution is 2.68. The minimum absolute atomic E-state index is 0.0268. The van der Waals surface area contributed by atoms with Crippen molar-refractivity contribution in [3.8, 4) is 17.2 Å². The summed E-state index contributed by atoms with van der Waals surface area (Å²) in [4.78, 5) is 2.85. The number of piperidine rings is 1. The van der Waals surface area contributed by atoms with Gasteiger partial charge in [-0.25, -0.2) is 4.73 Å². The topological polar surface area (TPSA) is 54.4 Å². The molecule has 2 heterocycles. The highest BCUT2D eigenvalue weighted by atomic mass is 28.4. The van der Waals surface area contributed by atoms with Crippen LogP contribution in [0.25, 0.3) is 0 Å². The first-order valence-electron chi connectivity index (χ1n) is 18.8. The van der Waals surface area contributed by atoms with Crippen LogP contribution in [-0.2, 0) is 16.4 Å². The van der Waals surface area contributed by atoms with Gasteiger partial charge in [-0.2, -0.15) is 0 Å². The standard InChI is InChI=1S/C38H68N2O4Si3/c1-24-31(41)26-23-29-27-19-20-28(40(45(11,12)35(2,3)4)44-47(15,16)37(8,9)10)34-38(27,21-22-39(29)25-17-18-25)30(26)33(42-34)32(24)43-46(13,14)36(5,6)7/h25,27-29,34,41H,17-23H2,1-16H3/t27-,28+,29+,34-,38-/m0/s1. The molecule has 6 nitrogen and oxygen atoms in total. The molecule has 1 N–H and O–H groups in total. The lowest BCUT2D eigenvalue weighted by Crippen LogP contribution is -2.73. The van der Waals surface area contributed by atoms with Gasteiger partial charge < -0.3 is 18.8 Å². The molecule has 0 amide bonds. The second-order valence-electron chi connectivity index (χ2n) is 20.7. The molecule has 0 radical (unpaired) electrons. The first kappa shape index (κ1) is 36.0. The average molecular weight is 701 g/mol. The van der Waals surface area contributed by atoms with Crippen LogP contribution in [0.15, 0.2) is 0 Å². The molecule has 1 spiro atoms. The molecule has 5 aliphatic rings. The summed E-state index contributed by atoms with van der Waals surface area (Å²) < 4.78 is 25.0. The molecule has 0 unspecified atom stereocenters. The van der Waals surface area contributed by atoms with Crippen LogP contribution >= 0.6 is 0 Å². The fraction of sp³-hybridized carbons (Fsp3) is 0.842. The lowest BCUT2D eigenvalue weighted by Gasteiger charge is -2.62. The Morgan fingerprint density at radius 1 is 0.851 bits per heavy atom. The summed E-state index contributed by atoms with van der Waals surface area (Å²) in [5.74, 6) is 2.76. The fourth-order valence-electron chi connectivity index (χ4n) is 8.74. The van der Waals surface area contributed by atoms with E-state index in [0.717, 1.165) is 48.4 Å². The summed E-state index contributed by atoms with van der Waals surface area (Å²) in [6.07, 6.45) is 6.88. The van der Waals surface area contributed by atoms with Crippen LogP contribution in [0.1, 0.15) is 111 Å². The molecule has 1 aromatic rings. The summed E-state index contributed by atoms with van der Waals surface area (Å²) >= 11 is 0. The summed E-state index contributed by atoms with van der Waals surface area (Å²) in [7, 11) is -6.58. The van der Waals surface area contributed by atoms with Gasteiger partial charge in [0, 0.05) is 34.2 Å². The lowest BCUT2D eigenvalue weighted by molar-refractivity contribution is -0.136. The number of rotatable bonds is 7. The predicted octanol–water partition coefficient (Wildman–Crippen LogP) is 9.90. The van der Waals surface area contributed by atoms with E-state index in [2.05, 4.69) is 118 Å². The zero-order valence-electron chi connectivity index (χ0n) is 32.9. The van der Waals surface area contributed by atoms with E-state index in [0.29, 0.717) is 23.8 Å². The van der Waals surface area contributed by atoms with E-state index in [-0.39, 0.29) is 32.7 Å². The van der Waals surface area contributed by atoms with Crippen molar-refractivity contribution in [2.75, 3.05) is 6.54 Å². The van der Waals surface area contributed by atoms with Gasteiger partial charge in [-0.05, 0) is 99.2 Å². The molecule has 3 fully saturated rings. The van der Waals surface area contributed by atoms with Gasteiger partial charge in [-0.1, -0.05) is 75.4 Å². The van der Waals surface area contributed by atoms with Gasteiger partial charge in [0.15, 0.2) is 19.7 Å². The fourth-order valence-corrected chi connectivity index (χ4v) is 14.1. The van der Waals surface area contributed by atoms with Crippen molar-refractivity contribution in [1.29, 1.82) is 0 Å². The van der Waals surface area contributed by atoms with Crippen molar-refractivity contribution in [2.24, 2.45) is 5.92 Å². The third-order valence-electron chi connectivity index (χ3n) is 14.8. The molecule has 1 saturated heterocycles. The number of hydroxylamine groups is 1. The van der Waals surface area contributed by atoms with Gasteiger partial charge in [0.05, 0.1) is 6.04 Å². The quantitative estimate of drug-likeness (QED) is 0.226. The van der Waals surface area contributed by atoms with E-state index in [1.54, 1.807) is 0 Å². The van der Waals surface area contributed by atoms with Crippen LogP contribution in [0.4, 0.5) is 0 Å². The third kappa shape index (κ3) is 5.28. The number of benzene rings is 1.